The number of aliphatic hydroxyl groups is 1. The van der Waals surface area contributed by atoms with Gasteiger partial charge in [-0.25, -0.2) is 17.7 Å². The first-order valence-electron chi connectivity index (χ1n) is 11.1. The van der Waals surface area contributed by atoms with Gasteiger partial charge in [-0.15, -0.1) is 0 Å². The molecule has 11 heteroatoms. The fourth-order valence-corrected chi connectivity index (χ4v) is 6.28. The van der Waals surface area contributed by atoms with Gasteiger partial charge in [-0.2, -0.15) is 0 Å². The standard InChI is InChI=1S/C23H27N5O5S/c1-33-15-3-4-16-17(11-15)26-21-19(13-29)28(22(30)18-12-24-7-8-25-18)14-23(20(16)21)5-9-27(10-6-23)34(2,31)32/h3-4,7-8,11-12,19,26,29H,5-6,9-10,13-14H2,1-2H3/t19-/m0/s1. The van der Waals surface area contributed by atoms with E-state index < -0.39 is 21.5 Å². The Balaban J connectivity index is 1.66. The zero-order valence-electron chi connectivity index (χ0n) is 19.1. The normalized spacial score (nSPS) is 20.4. The van der Waals surface area contributed by atoms with Gasteiger partial charge in [-0.3, -0.25) is 9.78 Å². The molecule has 1 spiro atoms. The maximum absolute atomic E-state index is 13.5. The molecule has 0 radical (unpaired) electrons. The molecule has 1 amide bonds. The topological polar surface area (TPSA) is 129 Å². The number of fused-ring (bicyclic) bond motifs is 4. The fourth-order valence-electron chi connectivity index (χ4n) is 5.43. The average molecular weight is 486 g/mol. The highest BCUT2D eigenvalue weighted by molar-refractivity contribution is 7.88. The van der Waals surface area contributed by atoms with Gasteiger partial charge in [0.1, 0.15) is 11.4 Å². The van der Waals surface area contributed by atoms with Crippen LogP contribution < -0.4 is 4.74 Å². The molecule has 5 rings (SSSR count). The third kappa shape index (κ3) is 3.64. The Morgan fingerprint density at radius 3 is 2.68 bits per heavy atom. The molecule has 4 heterocycles. The lowest BCUT2D eigenvalue weighted by molar-refractivity contribution is 0.0382. The maximum Gasteiger partial charge on any atom is 0.274 e. The molecule has 0 saturated carbocycles. The molecule has 180 valence electrons. The van der Waals surface area contributed by atoms with Crippen molar-refractivity contribution < 1.29 is 23.1 Å². The van der Waals surface area contributed by atoms with Gasteiger partial charge < -0.3 is 19.7 Å². The number of nitrogens with zero attached hydrogens (tertiary/aromatic N) is 4. The molecular weight excluding hydrogens is 458 g/mol. The van der Waals surface area contributed by atoms with E-state index >= 15 is 0 Å². The summed E-state index contributed by atoms with van der Waals surface area (Å²) < 4.78 is 31.2. The SMILES string of the molecule is COc1ccc2c3c([nH]c2c1)[C@H](CO)N(C(=O)c1cnccn1)CC31CCN(S(C)(=O)=O)CC1. The Morgan fingerprint density at radius 2 is 2.06 bits per heavy atom. The van der Waals surface area contributed by atoms with Crippen LogP contribution in [0.2, 0.25) is 0 Å². The third-order valence-corrected chi connectivity index (χ3v) is 8.42. The molecule has 2 aromatic heterocycles. The lowest BCUT2D eigenvalue weighted by atomic mass is 9.68. The minimum atomic E-state index is -3.31. The van der Waals surface area contributed by atoms with E-state index in [0.717, 1.165) is 22.2 Å². The quantitative estimate of drug-likeness (QED) is 0.572. The lowest BCUT2D eigenvalue weighted by Crippen LogP contribution is -2.55. The number of carbonyl (C=O) groups is 1. The number of rotatable bonds is 4. The molecule has 34 heavy (non-hydrogen) atoms. The maximum atomic E-state index is 13.5. The van der Waals surface area contributed by atoms with Gasteiger partial charge in [0, 0.05) is 60.1 Å². The molecule has 0 bridgehead atoms. The van der Waals surface area contributed by atoms with Crippen molar-refractivity contribution in [3.05, 3.63) is 53.7 Å². The van der Waals surface area contributed by atoms with Crippen molar-refractivity contribution in [3.8, 4) is 5.75 Å². The Bertz CT molecular complexity index is 1330. The van der Waals surface area contributed by atoms with Crippen molar-refractivity contribution >= 4 is 26.8 Å². The van der Waals surface area contributed by atoms with Crippen LogP contribution >= 0.6 is 0 Å². The Hall–Kier alpha value is -3.02. The number of hydrogen-bond donors (Lipinski definition) is 2. The number of aliphatic hydroxyl groups excluding tert-OH is 1. The number of piperidine rings is 1. The minimum absolute atomic E-state index is 0.200. The van der Waals surface area contributed by atoms with Gasteiger partial charge in [0.05, 0.1) is 32.2 Å². The second kappa shape index (κ2) is 8.33. The van der Waals surface area contributed by atoms with Crippen molar-refractivity contribution in [1.29, 1.82) is 0 Å². The number of aromatic nitrogens is 3. The van der Waals surface area contributed by atoms with Crippen LogP contribution in [0.15, 0.2) is 36.8 Å². The van der Waals surface area contributed by atoms with Crippen molar-refractivity contribution in [2.24, 2.45) is 0 Å². The summed E-state index contributed by atoms with van der Waals surface area (Å²) in [4.78, 5) is 26.8. The number of nitrogens with one attached hydrogen (secondary N) is 1. The second-order valence-electron chi connectivity index (χ2n) is 8.99. The zero-order chi connectivity index (χ0) is 24.1. The van der Waals surface area contributed by atoms with Crippen LogP contribution in [-0.2, 0) is 15.4 Å². The number of aromatic amines is 1. The molecule has 10 nitrogen and oxygen atoms in total. The highest BCUT2D eigenvalue weighted by atomic mass is 32.2. The Labute approximate surface area is 197 Å². The van der Waals surface area contributed by atoms with E-state index in [1.54, 1.807) is 12.0 Å². The van der Waals surface area contributed by atoms with Gasteiger partial charge in [0.2, 0.25) is 10.0 Å². The first-order valence-corrected chi connectivity index (χ1v) is 13.0. The fraction of sp³-hybridized carbons (Fsp3) is 0.435. The second-order valence-corrected chi connectivity index (χ2v) is 11.0. The Morgan fingerprint density at radius 1 is 1.29 bits per heavy atom. The van der Waals surface area contributed by atoms with E-state index in [1.807, 2.05) is 18.2 Å². The van der Waals surface area contributed by atoms with E-state index in [4.69, 9.17) is 4.74 Å². The molecule has 0 aliphatic carbocycles. The van der Waals surface area contributed by atoms with Crippen LogP contribution in [0.4, 0.5) is 0 Å². The first kappa shape index (κ1) is 22.8. The number of carbonyl (C=O) groups excluding carboxylic acids is 1. The van der Waals surface area contributed by atoms with Gasteiger partial charge in [0.25, 0.3) is 5.91 Å². The van der Waals surface area contributed by atoms with Crippen molar-refractivity contribution in [2.75, 3.05) is 39.6 Å². The highest BCUT2D eigenvalue weighted by Crippen LogP contribution is 2.49. The zero-order valence-corrected chi connectivity index (χ0v) is 19.9. The summed E-state index contributed by atoms with van der Waals surface area (Å²) in [7, 11) is -1.71. The third-order valence-electron chi connectivity index (χ3n) is 7.11. The number of H-pyrrole nitrogens is 1. The Kier molecular flexibility index (Phi) is 5.58. The summed E-state index contributed by atoms with van der Waals surface area (Å²) in [5.41, 5.74) is 2.38. The van der Waals surface area contributed by atoms with Crippen LogP contribution in [0.5, 0.6) is 5.75 Å². The van der Waals surface area contributed by atoms with Gasteiger partial charge in [-0.05, 0) is 30.5 Å². The number of sulfonamides is 1. The van der Waals surface area contributed by atoms with Crippen LogP contribution in [0, 0.1) is 0 Å². The van der Waals surface area contributed by atoms with Crippen molar-refractivity contribution in [3.63, 3.8) is 0 Å². The van der Waals surface area contributed by atoms with Crippen LogP contribution in [0.1, 0.15) is 40.6 Å². The van der Waals surface area contributed by atoms with Crippen molar-refractivity contribution in [1.82, 2.24) is 24.2 Å². The molecule has 0 unspecified atom stereocenters. The van der Waals surface area contributed by atoms with Crippen LogP contribution in [-0.4, -0.2) is 83.2 Å². The first-order chi connectivity index (χ1) is 16.3. The van der Waals surface area contributed by atoms with Crippen molar-refractivity contribution in [2.45, 2.75) is 24.3 Å². The summed E-state index contributed by atoms with van der Waals surface area (Å²) in [5.74, 6) is 0.374. The minimum Gasteiger partial charge on any atom is -0.497 e. The molecule has 1 aromatic carbocycles. The predicted molar refractivity (Wildman–Crippen MR) is 125 cm³/mol. The number of amides is 1. The average Bonchev–Trinajstić information content (AvgIpc) is 3.23. The summed E-state index contributed by atoms with van der Waals surface area (Å²) in [6.07, 6.45) is 6.71. The number of benzene rings is 1. The molecular formula is C23H27N5O5S. The van der Waals surface area contributed by atoms with Gasteiger partial charge >= 0.3 is 0 Å². The summed E-state index contributed by atoms with van der Waals surface area (Å²) in [6.45, 7) is 0.794. The summed E-state index contributed by atoms with van der Waals surface area (Å²) in [5, 5.41) is 11.4. The molecule has 1 fully saturated rings. The molecule has 2 N–H and O–H groups in total. The predicted octanol–water partition coefficient (Wildman–Crippen LogP) is 1.45. The van der Waals surface area contributed by atoms with Gasteiger partial charge in [-0.1, -0.05) is 0 Å². The van der Waals surface area contributed by atoms with E-state index in [2.05, 4.69) is 15.0 Å². The molecule has 2 aliphatic heterocycles. The number of hydrogen-bond acceptors (Lipinski definition) is 7. The summed E-state index contributed by atoms with van der Waals surface area (Å²) >= 11 is 0. The van der Waals surface area contributed by atoms with E-state index in [9.17, 15) is 18.3 Å². The van der Waals surface area contributed by atoms with Crippen LogP contribution in [0.3, 0.4) is 0 Å². The van der Waals surface area contributed by atoms with E-state index in [0.29, 0.717) is 38.2 Å². The van der Waals surface area contributed by atoms with E-state index in [1.165, 1.54) is 29.2 Å². The van der Waals surface area contributed by atoms with Crippen LogP contribution in [0.25, 0.3) is 10.9 Å². The van der Waals surface area contributed by atoms with Gasteiger partial charge in [0.15, 0.2) is 0 Å². The molecule has 1 atom stereocenters. The molecule has 3 aromatic rings. The largest absolute Gasteiger partial charge is 0.497 e. The smallest absolute Gasteiger partial charge is 0.274 e. The number of ether oxygens (including phenoxy) is 1. The molecule has 1 saturated heterocycles. The number of methoxy groups -OCH3 is 1. The van der Waals surface area contributed by atoms with E-state index in [-0.39, 0.29) is 18.2 Å². The monoisotopic (exact) mass is 485 g/mol. The molecule has 2 aliphatic rings. The summed E-state index contributed by atoms with van der Waals surface area (Å²) in [6, 6.07) is 5.18. The highest BCUT2D eigenvalue weighted by Gasteiger charge is 2.49. The lowest BCUT2D eigenvalue weighted by Gasteiger charge is -2.49.